The normalized spacial score (nSPS) is 23.8. The molecule has 0 aromatic heterocycles. The number of fused-ring (bicyclic) bond motifs is 3. The van der Waals surface area contributed by atoms with Crippen LogP contribution in [0, 0.1) is 17.8 Å². The van der Waals surface area contributed by atoms with E-state index in [1.807, 2.05) is 64.1 Å². The molecule has 6 unspecified atom stereocenters. The van der Waals surface area contributed by atoms with Gasteiger partial charge in [0, 0.05) is 37.7 Å². The first-order valence-corrected chi connectivity index (χ1v) is 21.6. The molecule has 6 atom stereocenters. The van der Waals surface area contributed by atoms with Crippen molar-refractivity contribution in [1.82, 2.24) is 10.2 Å². The highest BCUT2D eigenvalue weighted by molar-refractivity contribution is 6.03. The Hall–Kier alpha value is -4.91. The van der Waals surface area contributed by atoms with Crippen LogP contribution >= 0.6 is 0 Å². The van der Waals surface area contributed by atoms with Crippen LogP contribution in [0.1, 0.15) is 96.6 Å². The van der Waals surface area contributed by atoms with Gasteiger partial charge < -0.3 is 39.3 Å². The molecule has 12 heteroatoms. The predicted molar refractivity (Wildman–Crippen MR) is 232 cm³/mol. The van der Waals surface area contributed by atoms with E-state index < -0.39 is 35.5 Å². The molecule has 324 valence electrons. The van der Waals surface area contributed by atoms with Crippen molar-refractivity contribution in [2.75, 3.05) is 33.0 Å². The number of ether oxygens (including phenoxy) is 4. The quantitative estimate of drug-likeness (QED) is 0.0649. The zero-order valence-electron chi connectivity index (χ0n) is 35.9. The number of oxime groups is 1. The van der Waals surface area contributed by atoms with Crippen molar-refractivity contribution in [3.63, 3.8) is 0 Å². The highest BCUT2D eigenvalue weighted by atomic mass is 16.7. The largest absolute Gasteiger partial charge is 0.459 e. The van der Waals surface area contributed by atoms with Gasteiger partial charge in [0.2, 0.25) is 5.79 Å². The number of hydrogen-bond acceptors (Lipinski definition) is 10. The molecule has 1 fully saturated rings. The third-order valence-corrected chi connectivity index (χ3v) is 11.7. The lowest BCUT2D eigenvalue weighted by molar-refractivity contribution is -0.256. The minimum absolute atomic E-state index is 0.00397. The molecule has 0 saturated heterocycles. The summed E-state index contributed by atoms with van der Waals surface area (Å²) in [7, 11) is 0. The maximum Gasteiger partial charge on any atom is 0.412 e. The number of rotatable bonds is 18. The van der Waals surface area contributed by atoms with Crippen molar-refractivity contribution >= 4 is 28.7 Å². The van der Waals surface area contributed by atoms with E-state index >= 15 is 0 Å². The summed E-state index contributed by atoms with van der Waals surface area (Å²) in [5, 5.41) is 29.5. The molecule has 3 aromatic rings. The van der Waals surface area contributed by atoms with Crippen molar-refractivity contribution in [3.8, 4) is 11.5 Å². The third-order valence-electron chi connectivity index (χ3n) is 11.7. The van der Waals surface area contributed by atoms with Crippen molar-refractivity contribution in [2.24, 2.45) is 22.9 Å². The van der Waals surface area contributed by atoms with Crippen LogP contribution in [0.25, 0.3) is 10.8 Å². The van der Waals surface area contributed by atoms with Crippen LogP contribution in [-0.4, -0.2) is 83.4 Å². The fraction of sp³-hybridized carbons (Fsp3) is 0.521. The van der Waals surface area contributed by atoms with Gasteiger partial charge in [-0.25, -0.2) is 9.59 Å². The van der Waals surface area contributed by atoms with Crippen LogP contribution in [0.4, 0.5) is 9.59 Å². The van der Waals surface area contributed by atoms with Crippen molar-refractivity contribution in [2.45, 2.75) is 109 Å². The summed E-state index contributed by atoms with van der Waals surface area (Å²) in [6, 6.07) is 18.8. The molecule has 3 aromatic carbocycles. The fourth-order valence-corrected chi connectivity index (χ4v) is 9.31. The van der Waals surface area contributed by atoms with E-state index in [0.717, 1.165) is 53.2 Å². The number of benzene rings is 3. The van der Waals surface area contributed by atoms with Gasteiger partial charge in [0.25, 0.3) is 0 Å². The molecule has 0 bridgehead atoms. The second-order valence-corrected chi connectivity index (χ2v) is 16.9. The molecule has 1 heterocycles. The molecule has 0 radical (unpaired) electrons. The lowest BCUT2D eigenvalue weighted by Crippen LogP contribution is -2.70. The predicted octanol–water partition coefficient (Wildman–Crippen LogP) is 9.04. The molecule has 1 saturated carbocycles. The van der Waals surface area contributed by atoms with E-state index in [0.29, 0.717) is 36.6 Å². The topological polar surface area (TPSA) is 148 Å². The molecule has 2 aliphatic carbocycles. The number of hydrogen-bond donors (Lipinski definition) is 3. The first-order valence-electron chi connectivity index (χ1n) is 21.6. The zero-order valence-corrected chi connectivity index (χ0v) is 35.9. The van der Waals surface area contributed by atoms with Gasteiger partial charge in [0.05, 0.1) is 31.4 Å². The van der Waals surface area contributed by atoms with Crippen molar-refractivity contribution < 1.29 is 43.6 Å². The van der Waals surface area contributed by atoms with Crippen LogP contribution < -0.4 is 14.8 Å². The Morgan fingerprint density at radius 2 is 1.77 bits per heavy atom. The fourth-order valence-electron chi connectivity index (χ4n) is 9.31. The summed E-state index contributed by atoms with van der Waals surface area (Å²) >= 11 is 0. The maximum absolute atomic E-state index is 14.6. The van der Waals surface area contributed by atoms with Gasteiger partial charge in [-0.2, -0.15) is 0 Å². The number of carbonyl (C=O) groups is 2. The van der Waals surface area contributed by atoms with Gasteiger partial charge in [-0.05, 0) is 112 Å². The summed E-state index contributed by atoms with van der Waals surface area (Å²) in [4.78, 5) is 35.4. The van der Waals surface area contributed by atoms with Crippen LogP contribution in [0.5, 0.6) is 11.5 Å². The van der Waals surface area contributed by atoms with Crippen molar-refractivity contribution in [1.29, 1.82) is 0 Å². The molecule has 2 amide bonds. The average molecular weight is 826 g/mol. The Bertz CT molecular complexity index is 2020. The molecule has 12 nitrogen and oxygen atoms in total. The second-order valence-electron chi connectivity index (χ2n) is 16.9. The van der Waals surface area contributed by atoms with E-state index in [1.165, 1.54) is 0 Å². The summed E-state index contributed by atoms with van der Waals surface area (Å²) in [6.45, 7) is 14.5. The van der Waals surface area contributed by atoms with Gasteiger partial charge in [-0.1, -0.05) is 72.6 Å². The highest BCUT2D eigenvalue weighted by Crippen LogP contribution is 2.62. The summed E-state index contributed by atoms with van der Waals surface area (Å²) < 4.78 is 26.1. The standard InChI is InChI=1S/C48H63N3O9/c1-7-27-57-48-42(51(46(55)56-9-3)31-34-20-16-19-32-17-10-11-21-36(32)34)30-40(50-60-47(4,5)6)38-28-33(18-12-14-25-52)37(22-13-15-26-53)43(44(38)48)39-29-35(23-24-41(39)59-48)58-45(54)49-8-2/h7,10-11,16-17,19-21,23-24,28-29,33,37,42-44,52-53H,1,8-9,12-15,18,22,25-27,30-31H2,2-6H3,(H,49,54). The lowest BCUT2D eigenvalue weighted by atomic mass is 9.55. The molecular weight excluding hydrogens is 763 g/mol. The Morgan fingerprint density at radius 1 is 1.02 bits per heavy atom. The Labute approximate surface area is 354 Å². The molecule has 3 aliphatic rings. The van der Waals surface area contributed by atoms with Crippen LogP contribution in [0.2, 0.25) is 0 Å². The van der Waals surface area contributed by atoms with E-state index in [2.05, 4.69) is 36.2 Å². The Kier molecular flexibility index (Phi) is 15.0. The molecule has 3 N–H and O–H groups in total. The van der Waals surface area contributed by atoms with Crippen molar-refractivity contribution in [3.05, 3.63) is 96.1 Å². The molecule has 6 rings (SSSR count). The first kappa shape index (κ1) is 44.6. The molecule has 1 aliphatic heterocycles. The number of allylic oxidation sites excluding steroid dienone is 1. The summed E-state index contributed by atoms with van der Waals surface area (Å²) in [5.74, 6) is -1.36. The molecule has 0 spiro atoms. The summed E-state index contributed by atoms with van der Waals surface area (Å²) in [6.07, 6.45) is 7.56. The third kappa shape index (κ3) is 9.82. The van der Waals surface area contributed by atoms with Crippen LogP contribution in [0.15, 0.2) is 90.1 Å². The van der Waals surface area contributed by atoms with Crippen LogP contribution in [-0.2, 0) is 20.9 Å². The second kappa shape index (κ2) is 20.1. The summed E-state index contributed by atoms with van der Waals surface area (Å²) in [5.41, 5.74) is 2.74. The van der Waals surface area contributed by atoms with Gasteiger partial charge in [-0.3, -0.25) is 4.90 Å². The smallest absolute Gasteiger partial charge is 0.412 e. The van der Waals surface area contributed by atoms with E-state index in [9.17, 15) is 19.8 Å². The maximum atomic E-state index is 14.6. The van der Waals surface area contributed by atoms with E-state index in [-0.39, 0.29) is 57.1 Å². The van der Waals surface area contributed by atoms with E-state index in [4.69, 9.17) is 28.9 Å². The lowest BCUT2D eigenvalue weighted by Gasteiger charge is -2.60. The number of amides is 2. The monoisotopic (exact) mass is 825 g/mol. The number of aliphatic hydroxyl groups is 2. The van der Waals surface area contributed by atoms with Crippen LogP contribution in [0.3, 0.4) is 0 Å². The number of aliphatic hydroxyl groups excluding tert-OH is 2. The number of carbonyl (C=O) groups excluding carboxylic acids is 2. The van der Waals surface area contributed by atoms with E-state index in [1.54, 1.807) is 24.0 Å². The van der Waals surface area contributed by atoms with Gasteiger partial charge >= 0.3 is 12.2 Å². The number of nitrogens with zero attached hydrogens (tertiary/aromatic N) is 2. The molecule has 60 heavy (non-hydrogen) atoms. The number of nitrogens with one attached hydrogen (secondary N) is 1. The minimum Gasteiger partial charge on any atom is -0.459 e. The molecular formula is C48H63N3O9. The average Bonchev–Trinajstić information content (AvgIpc) is 3.22. The minimum atomic E-state index is -1.48. The first-order chi connectivity index (χ1) is 29.0. The van der Waals surface area contributed by atoms with Gasteiger partial charge in [0.15, 0.2) is 0 Å². The SMILES string of the molecule is C=CCOC12Oc3ccc(OC(=O)NCC)cc3C3C(CCCCO)C(CCCCO)C=C(C(=NOC(C)(C)C)CC1N(Cc1cccc4ccccc14)C(=O)OCC)C32. The zero-order chi connectivity index (χ0) is 42.9. The highest BCUT2D eigenvalue weighted by Gasteiger charge is 2.65. The number of unbranched alkanes of at least 4 members (excludes halogenated alkanes) is 2. The van der Waals surface area contributed by atoms with Gasteiger partial charge in [-0.15, -0.1) is 6.58 Å². The Morgan fingerprint density at radius 3 is 2.48 bits per heavy atom. The van der Waals surface area contributed by atoms with Gasteiger partial charge in [0.1, 0.15) is 23.1 Å². The Balaban J connectivity index is 1.63.